The Hall–Kier alpha value is -1.74. The van der Waals surface area contributed by atoms with Crippen molar-refractivity contribution in [3.63, 3.8) is 0 Å². The Morgan fingerprint density at radius 1 is 1.28 bits per heavy atom. The summed E-state index contributed by atoms with van der Waals surface area (Å²) in [6, 6.07) is 11.4. The Balaban J connectivity index is 2.31. The van der Waals surface area contributed by atoms with Crippen molar-refractivity contribution in [3.05, 3.63) is 54.0 Å². The molecule has 0 bridgehead atoms. The number of anilines is 1. The Labute approximate surface area is 111 Å². The molecule has 0 saturated carbocycles. The normalized spacial score (nSPS) is 10.3. The molecule has 1 heterocycles. The molecule has 0 fully saturated rings. The van der Waals surface area contributed by atoms with E-state index in [1.807, 2.05) is 37.3 Å². The van der Waals surface area contributed by atoms with Crippen LogP contribution in [0.4, 0.5) is 5.69 Å². The van der Waals surface area contributed by atoms with Crippen molar-refractivity contribution in [1.82, 2.24) is 0 Å². The van der Waals surface area contributed by atoms with Crippen LogP contribution in [0, 0.1) is 6.92 Å². The van der Waals surface area contributed by atoms with E-state index in [0.717, 1.165) is 17.0 Å². The minimum absolute atomic E-state index is 0.0466. The molecule has 0 atom stereocenters. The van der Waals surface area contributed by atoms with Gasteiger partial charge in [0.2, 0.25) is 5.91 Å². The van der Waals surface area contributed by atoms with Crippen LogP contribution in [-0.4, -0.2) is 11.8 Å². The van der Waals surface area contributed by atoms with Crippen LogP contribution in [0.2, 0.25) is 0 Å². The highest BCUT2D eigenvalue weighted by molar-refractivity contribution is 6.29. The molecule has 1 amide bonds. The third-order valence-corrected chi connectivity index (χ3v) is 2.94. The Bertz CT molecular complexity index is 522. The Morgan fingerprint density at radius 2 is 2.06 bits per heavy atom. The van der Waals surface area contributed by atoms with Gasteiger partial charge in [-0.25, -0.2) is 0 Å². The van der Waals surface area contributed by atoms with Gasteiger partial charge in [0, 0.05) is 5.69 Å². The Kier molecular flexibility index (Phi) is 4.05. The van der Waals surface area contributed by atoms with Crippen LogP contribution in [-0.2, 0) is 11.3 Å². The highest BCUT2D eigenvalue weighted by Crippen LogP contribution is 2.22. The smallest absolute Gasteiger partial charge is 0.242 e. The molecule has 2 aromatic rings. The maximum absolute atomic E-state index is 11.9. The minimum Gasteiger partial charge on any atom is -0.467 e. The van der Waals surface area contributed by atoms with E-state index in [1.54, 1.807) is 17.2 Å². The highest BCUT2D eigenvalue weighted by atomic mass is 35.5. The summed E-state index contributed by atoms with van der Waals surface area (Å²) in [4.78, 5) is 13.6. The quantitative estimate of drug-likeness (QED) is 0.793. The fourth-order valence-electron chi connectivity index (χ4n) is 1.80. The number of furan rings is 1. The number of hydrogen-bond acceptors (Lipinski definition) is 2. The molecule has 94 valence electrons. The lowest BCUT2D eigenvalue weighted by Crippen LogP contribution is -2.31. The molecule has 18 heavy (non-hydrogen) atoms. The van der Waals surface area contributed by atoms with Crippen LogP contribution >= 0.6 is 11.6 Å². The number of carbonyl (C=O) groups is 1. The molecule has 4 heteroatoms. The van der Waals surface area contributed by atoms with E-state index in [0.29, 0.717) is 6.54 Å². The van der Waals surface area contributed by atoms with Crippen molar-refractivity contribution in [1.29, 1.82) is 0 Å². The van der Waals surface area contributed by atoms with Crippen LogP contribution in [0.15, 0.2) is 47.1 Å². The van der Waals surface area contributed by atoms with E-state index in [1.165, 1.54) is 0 Å². The molecular formula is C14H14ClNO2. The topological polar surface area (TPSA) is 33.5 Å². The minimum atomic E-state index is -0.137. The van der Waals surface area contributed by atoms with Gasteiger partial charge in [0.15, 0.2) is 0 Å². The van der Waals surface area contributed by atoms with Crippen LogP contribution in [0.5, 0.6) is 0 Å². The fourth-order valence-corrected chi connectivity index (χ4v) is 1.95. The lowest BCUT2D eigenvalue weighted by Gasteiger charge is -2.22. The summed E-state index contributed by atoms with van der Waals surface area (Å²) in [5.41, 5.74) is 1.89. The van der Waals surface area contributed by atoms with E-state index in [-0.39, 0.29) is 11.8 Å². The third-order valence-electron chi connectivity index (χ3n) is 2.72. The largest absolute Gasteiger partial charge is 0.467 e. The van der Waals surface area contributed by atoms with Gasteiger partial charge in [-0.05, 0) is 30.7 Å². The molecule has 3 nitrogen and oxygen atoms in total. The molecule has 0 aliphatic heterocycles. The summed E-state index contributed by atoms with van der Waals surface area (Å²) in [6.07, 6.45) is 1.59. The summed E-state index contributed by atoms with van der Waals surface area (Å²) in [5, 5.41) is 0. The maximum Gasteiger partial charge on any atom is 0.242 e. The number of halogens is 1. The third kappa shape index (κ3) is 2.74. The van der Waals surface area contributed by atoms with Gasteiger partial charge in [0.1, 0.15) is 11.6 Å². The van der Waals surface area contributed by atoms with Crippen LogP contribution in [0.25, 0.3) is 0 Å². The molecule has 0 unspecified atom stereocenters. The molecule has 0 aliphatic rings. The number of rotatable bonds is 4. The van der Waals surface area contributed by atoms with Crippen LogP contribution in [0.3, 0.4) is 0 Å². The average Bonchev–Trinajstić information content (AvgIpc) is 2.89. The van der Waals surface area contributed by atoms with Gasteiger partial charge in [-0.15, -0.1) is 11.6 Å². The molecule has 0 N–H and O–H groups in total. The second-order valence-corrected chi connectivity index (χ2v) is 4.25. The zero-order valence-electron chi connectivity index (χ0n) is 10.1. The summed E-state index contributed by atoms with van der Waals surface area (Å²) in [7, 11) is 0. The van der Waals surface area contributed by atoms with Gasteiger partial charge in [-0.1, -0.05) is 18.2 Å². The average molecular weight is 264 g/mol. The first kappa shape index (κ1) is 12.7. The number of amides is 1. The maximum atomic E-state index is 11.9. The first-order valence-corrected chi connectivity index (χ1v) is 6.20. The molecular weight excluding hydrogens is 250 g/mol. The number of aryl methyl sites for hydroxylation is 1. The molecule has 1 aromatic carbocycles. The summed E-state index contributed by atoms with van der Waals surface area (Å²) in [5.74, 6) is 0.550. The number of benzene rings is 1. The van der Waals surface area contributed by atoms with Gasteiger partial charge < -0.3 is 9.32 Å². The van der Waals surface area contributed by atoms with E-state index < -0.39 is 0 Å². The SMILES string of the molecule is Cc1ccccc1N(Cc1ccco1)C(=O)CCl. The summed E-state index contributed by atoms with van der Waals surface area (Å²) >= 11 is 5.67. The Morgan fingerprint density at radius 3 is 2.67 bits per heavy atom. The van der Waals surface area contributed by atoms with Crippen molar-refractivity contribution in [2.24, 2.45) is 0 Å². The number of hydrogen-bond donors (Lipinski definition) is 0. The molecule has 1 aromatic heterocycles. The van der Waals surface area contributed by atoms with Gasteiger partial charge in [-0.3, -0.25) is 4.79 Å². The van der Waals surface area contributed by atoms with E-state index >= 15 is 0 Å². The first-order chi connectivity index (χ1) is 8.72. The van der Waals surface area contributed by atoms with Crippen LogP contribution < -0.4 is 4.90 Å². The predicted molar refractivity (Wildman–Crippen MR) is 71.8 cm³/mol. The second-order valence-electron chi connectivity index (χ2n) is 3.98. The van der Waals surface area contributed by atoms with E-state index in [9.17, 15) is 4.79 Å². The number of carbonyl (C=O) groups excluding carboxylic acids is 1. The van der Waals surface area contributed by atoms with Gasteiger partial charge in [-0.2, -0.15) is 0 Å². The fraction of sp³-hybridized carbons (Fsp3) is 0.214. The van der Waals surface area contributed by atoms with Crippen molar-refractivity contribution in [2.45, 2.75) is 13.5 Å². The molecule has 0 saturated heterocycles. The van der Waals surface area contributed by atoms with Crippen LogP contribution in [0.1, 0.15) is 11.3 Å². The zero-order chi connectivity index (χ0) is 13.0. The number of nitrogens with zero attached hydrogens (tertiary/aromatic N) is 1. The standard InChI is InChI=1S/C14H14ClNO2/c1-11-5-2-3-7-13(11)16(14(17)9-15)10-12-6-4-8-18-12/h2-8H,9-10H2,1H3. The second kappa shape index (κ2) is 5.74. The van der Waals surface area contributed by atoms with Gasteiger partial charge in [0.05, 0.1) is 12.8 Å². The lowest BCUT2D eigenvalue weighted by atomic mass is 10.1. The zero-order valence-corrected chi connectivity index (χ0v) is 10.9. The summed E-state index contributed by atoms with van der Waals surface area (Å²) < 4.78 is 5.28. The number of alkyl halides is 1. The molecule has 0 radical (unpaired) electrons. The summed E-state index contributed by atoms with van der Waals surface area (Å²) in [6.45, 7) is 2.36. The number of para-hydroxylation sites is 1. The monoisotopic (exact) mass is 263 g/mol. The first-order valence-electron chi connectivity index (χ1n) is 5.66. The van der Waals surface area contributed by atoms with Gasteiger partial charge in [0.25, 0.3) is 0 Å². The van der Waals surface area contributed by atoms with E-state index in [2.05, 4.69) is 0 Å². The van der Waals surface area contributed by atoms with E-state index in [4.69, 9.17) is 16.0 Å². The van der Waals surface area contributed by atoms with Crippen molar-refractivity contribution in [3.8, 4) is 0 Å². The lowest BCUT2D eigenvalue weighted by molar-refractivity contribution is -0.116. The van der Waals surface area contributed by atoms with Crippen molar-refractivity contribution >= 4 is 23.2 Å². The molecule has 2 rings (SSSR count). The molecule has 0 spiro atoms. The van der Waals surface area contributed by atoms with Crippen molar-refractivity contribution in [2.75, 3.05) is 10.8 Å². The van der Waals surface area contributed by atoms with Crippen molar-refractivity contribution < 1.29 is 9.21 Å². The predicted octanol–water partition coefficient (Wildman–Crippen LogP) is 3.36. The molecule has 0 aliphatic carbocycles. The highest BCUT2D eigenvalue weighted by Gasteiger charge is 2.17. The van der Waals surface area contributed by atoms with Gasteiger partial charge >= 0.3 is 0 Å².